The minimum Gasteiger partial charge on any atom is -0.380 e. The highest BCUT2D eigenvalue weighted by molar-refractivity contribution is 5.90. The summed E-state index contributed by atoms with van der Waals surface area (Å²) in [6.07, 6.45) is 3.68. The van der Waals surface area contributed by atoms with Gasteiger partial charge in [0.15, 0.2) is 0 Å². The molecule has 2 heterocycles. The van der Waals surface area contributed by atoms with Crippen LogP contribution >= 0.6 is 0 Å². The highest BCUT2D eigenvalue weighted by Gasteiger charge is 2.03. The molecule has 0 bridgehead atoms. The molecule has 0 atom stereocenters. The maximum absolute atomic E-state index is 4.35. The molecule has 3 rings (SSSR count). The number of rotatable bonds is 3. The molecule has 4 nitrogen and oxygen atoms in total. The highest BCUT2D eigenvalue weighted by Crippen LogP contribution is 2.21. The van der Waals surface area contributed by atoms with E-state index in [1.165, 1.54) is 5.56 Å². The van der Waals surface area contributed by atoms with Crippen LogP contribution in [0.15, 0.2) is 42.7 Å². The van der Waals surface area contributed by atoms with Crippen molar-refractivity contribution in [3.63, 3.8) is 0 Å². The average Bonchev–Trinajstić information content (AvgIpc) is 2.82. The number of H-pyrrole nitrogens is 1. The lowest BCUT2D eigenvalue weighted by Crippen LogP contribution is -2.00. The standard InChI is InChI=1S/C14H14N4/c1-10-11(9-17-18-10)8-16-14-6-7-15-13-5-3-2-4-12(13)14/h2-7,9H,8H2,1H3,(H,15,16)(H,17,18). The van der Waals surface area contributed by atoms with Gasteiger partial charge in [0.1, 0.15) is 0 Å². The fourth-order valence-corrected chi connectivity index (χ4v) is 1.99. The molecule has 0 aliphatic carbocycles. The molecule has 2 N–H and O–H groups in total. The van der Waals surface area contributed by atoms with Gasteiger partial charge in [0.05, 0.1) is 11.7 Å². The van der Waals surface area contributed by atoms with E-state index in [1.54, 1.807) is 0 Å². The molecule has 0 radical (unpaired) electrons. The van der Waals surface area contributed by atoms with Crippen molar-refractivity contribution >= 4 is 16.6 Å². The fraction of sp³-hybridized carbons (Fsp3) is 0.143. The molecule has 1 aromatic carbocycles. The van der Waals surface area contributed by atoms with Crippen LogP contribution in [0, 0.1) is 6.92 Å². The third kappa shape index (κ3) is 1.93. The van der Waals surface area contributed by atoms with E-state index in [0.717, 1.165) is 28.8 Å². The number of benzene rings is 1. The molecule has 0 saturated carbocycles. The number of aromatic amines is 1. The molecule has 0 aliphatic heterocycles. The van der Waals surface area contributed by atoms with E-state index in [1.807, 2.05) is 43.6 Å². The van der Waals surface area contributed by atoms with Crippen LogP contribution in [-0.4, -0.2) is 15.2 Å². The smallest absolute Gasteiger partial charge is 0.0722 e. The zero-order valence-electron chi connectivity index (χ0n) is 10.1. The molecule has 0 aliphatic rings. The summed E-state index contributed by atoms with van der Waals surface area (Å²) in [7, 11) is 0. The van der Waals surface area contributed by atoms with E-state index < -0.39 is 0 Å². The molecule has 0 fully saturated rings. The van der Waals surface area contributed by atoms with Gasteiger partial charge in [-0.25, -0.2) is 0 Å². The average molecular weight is 238 g/mol. The second kappa shape index (κ2) is 4.49. The second-order valence-corrected chi connectivity index (χ2v) is 4.25. The van der Waals surface area contributed by atoms with Crippen LogP contribution in [0.3, 0.4) is 0 Å². The van der Waals surface area contributed by atoms with E-state index in [0.29, 0.717) is 0 Å². The Hall–Kier alpha value is -2.36. The first-order chi connectivity index (χ1) is 8.84. The van der Waals surface area contributed by atoms with Crippen LogP contribution in [0.4, 0.5) is 5.69 Å². The lowest BCUT2D eigenvalue weighted by molar-refractivity contribution is 1.04. The van der Waals surface area contributed by atoms with Crippen LogP contribution in [0.5, 0.6) is 0 Å². The molecule has 2 aromatic heterocycles. The number of nitrogens with one attached hydrogen (secondary N) is 2. The van der Waals surface area contributed by atoms with E-state index in [9.17, 15) is 0 Å². The van der Waals surface area contributed by atoms with Gasteiger partial charge >= 0.3 is 0 Å². The van der Waals surface area contributed by atoms with Crippen molar-refractivity contribution in [2.24, 2.45) is 0 Å². The Morgan fingerprint density at radius 2 is 2.11 bits per heavy atom. The summed E-state index contributed by atoms with van der Waals surface area (Å²) in [6.45, 7) is 2.78. The van der Waals surface area contributed by atoms with E-state index in [-0.39, 0.29) is 0 Å². The zero-order valence-corrected chi connectivity index (χ0v) is 10.1. The van der Waals surface area contributed by atoms with Gasteiger partial charge in [0.25, 0.3) is 0 Å². The van der Waals surface area contributed by atoms with Crippen molar-refractivity contribution in [3.05, 3.63) is 54.0 Å². The zero-order chi connectivity index (χ0) is 12.4. The Kier molecular flexibility index (Phi) is 2.68. The number of pyridine rings is 1. The summed E-state index contributed by atoms with van der Waals surface area (Å²) >= 11 is 0. The predicted octanol–water partition coefficient (Wildman–Crippen LogP) is 2.88. The quantitative estimate of drug-likeness (QED) is 0.737. The van der Waals surface area contributed by atoms with Gasteiger partial charge in [0.2, 0.25) is 0 Å². The SMILES string of the molecule is Cc1[nH]ncc1CNc1ccnc2ccccc12. The Labute approximate surface area is 105 Å². The van der Waals surface area contributed by atoms with Crippen LogP contribution in [-0.2, 0) is 6.54 Å². The summed E-state index contributed by atoms with van der Waals surface area (Å²) in [5, 5.41) is 11.5. The molecule has 18 heavy (non-hydrogen) atoms. The van der Waals surface area contributed by atoms with E-state index in [2.05, 4.69) is 26.6 Å². The summed E-state index contributed by atoms with van der Waals surface area (Å²) in [5.41, 5.74) is 4.38. The van der Waals surface area contributed by atoms with Crippen molar-refractivity contribution in [2.45, 2.75) is 13.5 Å². The topological polar surface area (TPSA) is 53.6 Å². The molecular weight excluding hydrogens is 224 g/mol. The monoisotopic (exact) mass is 238 g/mol. The van der Waals surface area contributed by atoms with E-state index >= 15 is 0 Å². The van der Waals surface area contributed by atoms with Gasteiger partial charge in [0, 0.05) is 35.1 Å². The Morgan fingerprint density at radius 1 is 1.22 bits per heavy atom. The van der Waals surface area contributed by atoms with Crippen molar-refractivity contribution in [2.75, 3.05) is 5.32 Å². The summed E-state index contributed by atoms with van der Waals surface area (Å²) in [4.78, 5) is 4.35. The first-order valence-electron chi connectivity index (χ1n) is 5.91. The molecule has 0 saturated heterocycles. The number of fused-ring (bicyclic) bond motifs is 1. The third-order valence-electron chi connectivity index (χ3n) is 3.05. The van der Waals surface area contributed by atoms with Gasteiger partial charge < -0.3 is 5.32 Å². The summed E-state index contributed by atoms with van der Waals surface area (Å²) in [5.74, 6) is 0. The normalized spacial score (nSPS) is 10.7. The molecular formula is C14H14N4. The van der Waals surface area contributed by atoms with Gasteiger partial charge in [-0.3, -0.25) is 10.1 Å². The number of aromatic nitrogens is 3. The number of hydrogen-bond acceptors (Lipinski definition) is 3. The van der Waals surface area contributed by atoms with Crippen molar-refractivity contribution in [3.8, 4) is 0 Å². The Morgan fingerprint density at radius 3 is 2.94 bits per heavy atom. The second-order valence-electron chi connectivity index (χ2n) is 4.25. The van der Waals surface area contributed by atoms with E-state index in [4.69, 9.17) is 0 Å². The van der Waals surface area contributed by atoms with Gasteiger partial charge in [-0.15, -0.1) is 0 Å². The fourth-order valence-electron chi connectivity index (χ4n) is 1.99. The van der Waals surface area contributed by atoms with Crippen molar-refractivity contribution in [1.29, 1.82) is 0 Å². The summed E-state index contributed by atoms with van der Waals surface area (Å²) < 4.78 is 0. The first kappa shape index (κ1) is 10.8. The maximum Gasteiger partial charge on any atom is 0.0722 e. The Balaban J connectivity index is 1.89. The lowest BCUT2D eigenvalue weighted by atomic mass is 10.2. The maximum atomic E-state index is 4.35. The number of nitrogens with zero attached hydrogens (tertiary/aromatic N) is 2. The minimum atomic E-state index is 0.760. The largest absolute Gasteiger partial charge is 0.380 e. The van der Waals surface area contributed by atoms with Gasteiger partial charge in [-0.05, 0) is 19.1 Å². The third-order valence-corrected chi connectivity index (χ3v) is 3.05. The van der Waals surface area contributed by atoms with Gasteiger partial charge in [-0.1, -0.05) is 18.2 Å². The lowest BCUT2D eigenvalue weighted by Gasteiger charge is -2.08. The molecule has 4 heteroatoms. The number of hydrogen-bond donors (Lipinski definition) is 2. The van der Waals surface area contributed by atoms with Crippen LogP contribution in [0.25, 0.3) is 10.9 Å². The van der Waals surface area contributed by atoms with Crippen LogP contribution < -0.4 is 5.32 Å². The summed E-state index contributed by atoms with van der Waals surface area (Å²) in [6, 6.07) is 10.1. The van der Waals surface area contributed by atoms with Crippen molar-refractivity contribution < 1.29 is 0 Å². The highest BCUT2D eigenvalue weighted by atomic mass is 15.1. The van der Waals surface area contributed by atoms with Crippen molar-refractivity contribution in [1.82, 2.24) is 15.2 Å². The molecule has 90 valence electrons. The Bertz CT molecular complexity index is 667. The molecule has 0 amide bonds. The molecule has 0 unspecified atom stereocenters. The minimum absolute atomic E-state index is 0.760. The molecule has 0 spiro atoms. The van der Waals surface area contributed by atoms with Gasteiger partial charge in [-0.2, -0.15) is 5.10 Å². The predicted molar refractivity (Wildman–Crippen MR) is 72.4 cm³/mol. The van der Waals surface area contributed by atoms with Crippen LogP contribution in [0.1, 0.15) is 11.3 Å². The number of anilines is 1. The first-order valence-corrected chi connectivity index (χ1v) is 5.91. The molecule has 3 aromatic rings. The van der Waals surface area contributed by atoms with Crippen LogP contribution in [0.2, 0.25) is 0 Å². The number of aryl methyl sites for hydroxylation is 1. The number of para-hydroxylation sites is 1.